The molecule has 0 spiro atoms. The summed E-state index contributed by atoms with van der Waals surface area (Å²) in [6, 6.07) is 2.52. The molecule has 2 rings (SSSR count). The highest BCUT2D eigenvalue weighted by Crippen LogP contribution is 2.30. The predicted octanol–water partition coefficient (Wildman–Crippen LogP) is 0.969. The second kappa shape index (κ2) is 4.34. The smallest absolute Gasteiger partial charge is 0.335 e. The summed E-state index contributed by atoms with van der Waals surface area (Å²) in [7, 11) is 0. The van der Waals surface area contributed by atoms with Crippen LogP contribution in [0.3, 0.4) is 0 Å². The summed E-state index contributed by atoms with van der Waals surface area (Å²) >= 11 is 0. The first-order valence-electron chi connectivity index (χ1n) is 5.57. The van der Waals surface area contributed by atoms with Gasteiger partial charge in [0.25, 0.3) is 5.91 Å². The summed E-state index contributed by atoms with van der Waals surface area (Å²) in [4.78, 5) is 33.8. The lowest BCUT2D eigenvalue weighted by atomic mass is 9.86. The quantitative estimate of drug-likeness (QED) is 0.710. The maximum absolute atomic E-state index is 14.0. The van der Waals surface area contributed by atoms with Crippen molar-refractivity contribution in [1.29, 1.82) is 0 Å². The summed E-state index contributed by atoms with van der Waals surface area (Å²) in [5.74, 6) is -2.77. The number of carbonyl (C=O) groups is 3. The van der Waals surface area contributed by atoms with E-state index in [9.17, 15) is 18.8 Å². The monoisotopic (exact) mass is 266 g/mol. The molecule has 1 aromatic carbocycles. The van der Waals surface area contributed by atoms with Crippen LogP contribution in [0.15, 0.2) is 18.2 Å². The molecule has 0 saturated carbocycles. The first-order valence-corrected chi connectivity index (χ1v) is 5.57. The molecule has 1 aliphatic rings. The van der Waals surface area contributed by atoms with E-state index in [2.05, 4.69) is 5.32 Å². The Labute approximate surface area is 107 Å². The number of carboxylic acids is 1. The molecule has 1 aromatic rings. The molecule has 1 fully saturated rings. The van der Waals surface area contributed by atoms with Crippen LogP contribution >= 0.6 is 0 Å². The zero-order valence-electron chi connectivity index (χ0n) is 9.99. The fourth-order valence-corrected chi connectivity index (χ4v) is 2.11. The fourth-order valence-electron chi connectivity index (χ4n) is 2.11. The van der Waals surface area contributed by atoms with Gasteiger partial charge in [0.05, 0.1) is 5.56 Å². The third-order valence-electron chi connectivity index (χ3n) is 3.15. The van der Waals surface area contributed by atoms with E-state index in [4.69, 9.17) is 5.11 Å². The third kappa shape index (κ3) is 1.92. The van der Waals surface area contributed by atoms with Gasteiger partial charge in [-0.25, -0.2) is 14.0 Å². The lowest BCUT2D eigenvalue weighted by molar-refractivity contribution is -0.124. The highest BCUT2D eigenvalue weighted by atomic mass is 19.1. The van der Waals surface area contributed by atoms with Crippen LogP contribution < -0.4 is 10.6 Å². The Morgan fingerprint density at radius 3 is 2.53 bits per heavy atom. The Hall–Kier alpha value is -2.44. The van der Waals surface area contributed by atoms with Crippen molar-refractivity contribution in [2.24, 2.45) is 0 Å². The topological polar surface area (TPSA) is 95.5 Å². The summed E-state index contributed by atoms with van der Waals surface area (Å²) in [5, 5.41) is 13.2. The number of hydrogen-bond donors (Lipinski definition) is 3. The first kappa shape index (κ1) is 13.0. The van der Waals surface area contributed by atoms with Gasteiger partial charge >= 0.3 is 12.0 Å². The normalized spacial score (nSPS) is 22.0. The van der Waals surface area contributed by atoms with Crippen molar-refractivity contribution in [2.45, 2.75) is 18.9 Å². The van der Waals surface area contributed by atoms with Crippen molar-refractivity contribution in [3.8, 4) is 0 Å². The Balaban J connectivity index is 2.54. The van der Waals surface area contributed by atoms with Gasteiger partial charge in [-0.05, 0) is 18.6 Å². The highest BCUT2D eigenvalue weighted by molar-refractivity contribution is 6.07. The van der Waals surface area contributed by atoms with Gasteiger partial charge in [-0.1, -0.05) is 13.0 Å². The molecule has 0 aliphatic carbocycles. The Morgan fingerprint density at radius 2 is 2.11 bits per heavy atom. The number of urea groups is 1. The number of rotatable bonds is 3. The van der Waals surface area contributed by atoms with E-state index < -0.39 is 29.3 Å². The van der Waals surface area contributed by atoms with Crippen molar-refractivity contribution in [2.75, 3.05) is 0 Å². The van der Waals surface area contributed by atoms with Crippen LogP contribution in [-0.4, -0.2) is 23.0 Å². The summed E-state index contributed by atoms with van der Waals surface area (Å²) < 4.78 is 14.0. The van der Waals surface area contributed by atoms with E-state index in [1.165, 1.54) is 12.1 Å². The van der Waals surface area contributed by atoms with Gasteiger partial charge in [0, 0.05) is 5.56 Å². The average Bonchev–Trinajstić information content (AvgIpc) is 2.64. The van der Waals surface area contributed by atoms with E-state index in [-0.39, 0.29) is 17.5 Å². The van der Waals surface area contributed by atoms with Crippen molar-refractivity contribution in [1.82, 2.24) is 10.6 Å². The fraction of sp³-hybridized carbons (Fsp3) is 0.250. The van der Waals surface area contributed by atoms with E-state index in [1.807, 2.05) is 5.32 Å². The SMILES string of the molecule is CCC1(c2ccc(C(=O)O)cc2F)NC(=O)NC1=O. The number of halogens is 1. The minimum atomic E-state index is -1.49. The molecule has 1 saturated heterocycles. The Morgan fingerprint density at radius 1 is 1.42 bits per heavy atom. The molecule has 0 radical (unpaired) electrons. The number of hydrogen-bond acceptors (Lipinski definition) is 3. The van der Waals surface area contributed by atoms with Gasteiger partial charge in [0.1, 0.15) is 11.4 Å². The predicted molar refractivity (Wildman–Crippen MR) is 62.0 cm³/mol. The second-order valence-electron chi connectivity index (χ2n) is 4.17. The number of imide groups is 1. The minimum absolute atomic E-state index is 0.0525. The third-order valence-corrected chi connectivity index (χ3v) is 3.15. The van der Waals surface area contributed by atoms with Crippen LogP contribution in [0.25, 0.3) is 0 Å². The molecule has 1 atom stereocenters. The van der Waals surface area contributed by atoms with Crippen molar-refractivity contribution < 1.29 is 23.9 Å². The van der Waals surface area contributed by atoms with E-state index >= 15 is 0 Å². The van der Waals surface area contributed by atoms with Gasteiger partial charge in [0.2, 0.25) is 0 Å². The minimum Gasteiger partial charge on any atom is -0.478 e. The largest absolute Gasteiger partial charge is 0.478 e. The van der Waals surface area contributed by atoms with Gasteiger partial charge in [0.15, 0.2) is 0 Å². The maximum atomic E-state index is 14.0. The molecule has 100 valence electrons. The van der Waals surface area contributed by atoms with Crippen molar-refractivity contribution in [3.05, 3.63) is 35.1 Å². The number of benzene rings is 1. The highest BCUT2D eigenvalue weighted by Gasteiger charge is 2.47. The number of carbonyl (C=O) groups excluding carboxylic acids is 2. The standard InChI is InChI=1S/C12H11FN2O4/c1-2-12(10(18)14-11(19)15-12)7-4-3-6(9(16)17)5-8(7)13/h3-5H,2H2,1H3,(H,16,17)(H2,14,15,18,19). The maximum Gasteiger partial charge on any atom is 0.335 e. The summed E-state index contributed by atoms with van der Waals surface area (Å²) in [6.07, 6.45) is 0.147. The molecule has 19 heavy (non-hydrogen) atoms. The zero-order chi connectivity index (χ0) is 14.2. The molecule has 1 unspecified atom stereocenters. The molecule has 3 N–H and O–H groups in total. The van der Waals surface area contributed by atoms with Crippen molar-refractivity contribution in [3.63, 3.8) is 0 Å². The summed E-state index contributed by atoms with van der Waals surface area (Å²) in [5.41, 5.74) is -1.77. The number of nitrogens with one attached hydrogen (secondary N) is 2. The lowest BCUT2D eigenvalue weighted by Crippen LogP contribution is -2.43. The summed E-state index contributed by atoms with van der Waals surface area (Å²) in [6.45, 7) is 1.62. The first-order chi connectivity index (χ1) is 8.90. The van der Waals surface area contributed by atoms with Gasteiger partial charge in [-0.2, -0.15) is 0 Å². The van der Waals surface area contributed by atoms with Gasteiger partial charge in [-0.15, -0.1) is 0 Å². The average molecular weight is 266 g/mol. The van der Waals surface area contributed by atoms with Crippen LogP contribution in [0.5, 0.6) is 0 Å². The Bertz CT molecular complexity index is 587. The number of amides is 3. The lowest BCUT2D eigenvalue weighted by Gasteiger charge is -2.25. The van der Waals surface area contributed by atoms with Crippen molar-refractivity contribution >= 4 is 17.9 Å². The van der Waals surface area contributed by atoms with E-state index in [0.29, 0.717) is 0 Å². The van der Waals surface area contributed by atoms with Crippen LogP contribution in [0.2, 0.25) is 0 Å². The van der Waals surface area contributed by atoms with Gasteiger partial charge in [-0.3, -0.25) is 10.1 Å². The molecular formula is C12H11FN2O4. The molecule has 1 aliphatic heterocycles. The molecule has 0 aromatic heterocycles. The zero-order valence-corrected chi connectivity index (χ0v) is 9.99. The second-order valence-corrected chi connectivity index (χ2v) is 4.17. The van der Waals surface area contributed by atoms with E-state index in [1.54, 1.807) is 6.92 Å². The molecule has 3 amide bonds. The molecular weight excluding hydrogens is 255 g/mol. The molecule has 7 heteroatoms. The van der Waals surface area contributed by atoms with Crippen LogP contribution in [-0.2, 0) is 10.3 Å². The number of carboxylic acid groups (broad SMARTS) is 1. The van der Waals surface area contributed by atoms with Gasteiger partial charge < -0.3 is 10.4 Å². The molecule has 1 heterocycles. The van der Waals surface area contributed by atoms with E-state index in [0.717, 1.165) is 6.07 Å². The van der Waals surface area contributed by atoms with Crippen LogP contribution in [0.4, 0.5) is 9.18 Å². The number of aromatic carboxylic acids is 1. The van der Waals surface area contributed by atoms with Crippen LogP contribution in [0.1, 0.15) is 29.3 Å². The van der Waals surface area contributed by atoms with Crippen LogP contribution in [0, 0.1) is 5.82 Å². The molecule has 6 nitrogen and oxygen atoms in total. The Kier molecular flexibility index (Phi) is 2.97. The molecule has 0 bridgehead atoms.